The van der Waals surface area contributed by atoms with Gasteiger partial charge in [0.1, 0.15) is 0 Å². The Morgan fingerprint density at radius 1 is 0.523 bits per heavy atom. The van der Waals surface area contributed by atoms with E-state index in [0.717, 1.165) is 27.6 Å². The molecule has 0 saturated carbocycles. The number of para-hydroxylation sites is 1. The number of anilines is 4. The molecule has 0 aliphatic heterocycles. The Morgan fingerprint density at radius 2 is 1.16 bits per heavy atom. The first-order valence-corrected chi connectivity index (χ1v) is 15.7. The average molecular weight is 583 g/mol. The fourth-order valence-corrected chi connectivity index (χ4v) is 7.37. The monoisotopic (exact) mass is 582 g/mol. The van der Waals surface area contributed by atoms with Gasteiger partial charge in [0.25, 0.3) is 0 Å². The van der Waals surface area contributed by atoms with E-state index in [1.165, 1.54) is 53.5 Å². The summed E-state index contributed by atoms with van der Waals surface area (Å²) in [6, 6.07) is 50.6. The summed E-state index contributed by atoms with van der Waals surface area (Å²) in [5, 5.41) is 9.71. The van der Waals surface area contributed by atoms with Crippen molar-refractivity contribution in [3.8, 4) is 11.1 Å². The molecule has 0 unspecified atom stereocenters. The number of benzene rings is 7. The fraction of sp³-hybridized carbons (Fsp3) is 0.0244. The van der Waals surface area contributed by atoms with E-state index in [1.807, 2.05) is 6.92 Å². The van der Waals surface area contributed by atoms with E-state index in [2.05, 4.69) is 157 Å². The first kappa shape index (κ1) is 26.3. The second-order valence-electron chi connectivity index (χ2n) is 11.2. The van der Waals surface area contributed by atoms with Gasteiger partial charge in [0.05, 0.1) is 5.00 Å². The molecule has 8 aromatic rings. The molecule has 1 aromatic heterocycles. The number of hydrogen-bond donors (Lipinski definition) is 1. The second-order valence-corrected chi connectivity index (χ2v) is 12.2. The van der Waals surface area contributed by atoms with E-state index in [1.54, 1.807) is 11.3 Å². The van der Waals surface area contributed by atoms with E-state index in [-0.39, 0.29) is 0 Å². The third-order valence-electron chi connectivity index (χ3n) is 8.55. The maximum Gasteiger partial charge on any atom is 0.0942 e. The summed E-state index contributed by atoms with van der Waals surface area (Å²) >= 11 is 1.64. The highest BCUT2D eigenvalue weighted by Crippen LogP contribution is 2.41. The summed E-state index contributed by atoms with van der Waals surface area (Å²) in [4.78, 5) is 2.32. The number of nitrogens with two attached hydrogens (primary N) is 1. The lowest BCUT2D eigenvalue weighted by Gasteiger charge is -2.26. The molecule has 210 valence electrons. The molecule has 2 nitrogen and oxygen atoms in total. The Hall–Kier alpha value is -5.38. The summed E-state index contributed by atoms with van der Waals surface area (Å²) in [7, 11) is 0. The van der Waals surface area contributed by atoms with E-state index < -0.39 is 0 Å². The first-order chi connectivity index (χ1) is 21.7. The predicted octanol–water partition coefficient (Wildman–Crippen LogP) is 12.1. The molecule has 0 radical (unpaired) electrons. The van der Waals surface area contributed by atoms with E-state index in [0.29, 0.717) is 0 Å². The van der Waals surface area contributed by atoms with Crippen LogP contribution in [0.4, 0.5) is 22.1 Å². The van der Waals surface area contributed by atoms with Crippen LogP contribution in [0.2, 0.25) is 0 Å². The van der Waals surface area contributed by atoms with Crippen LogP contribution in [0.3, 0.4) is 0 Å². The minimum Gasteiger partial charge on any atom is -0.390 e. The van der Waals surface area contributed by atoms with E-state index in [9.17, 15) is 0 Å². The number of hydrogen-bond acceptors (Lipinski definition) is 3. The quantitative estimate of drug-likeness (QED) is 0.205. The highest BCUT2D eigenvalue weighted by Gasteiger charge is 2.16. The van der Waals surface area contributed by atoms with Crippen LogP contribution in [0.5, 0.6) is 0 Å². The van der Waals surface area contributed by atoms with Gasteiger partial charge in [-0.3, -0.25) is 0 Å². The zero-order valence-corrected chi connectivity index (χ0v) is 25.2. The SMILES string of the molecule is C/C=C\c1c(N)sc2ccc(N(c3ccccc3)c3ccc(-c4ccc5ccc6c7ccccc7ccc6c5c4)cc3)cc12. The van der Waals surface area contributed by atoms with Crippen molar-refractivity contribution in [2.24, 2.45) is 0 Å². The second kappa shape index (κ2) is 10.7. The molecule has 0 fully saturated rings. The number of rotatable bonds is 5. The summed E-state index contributed by atoms with van der Waals surface area (Å²) in [6.07, 6.45) is 4.16. The first-order valence-electron chi connectivity index (χ1n) is 14.9. The van der Waals surface area contributed by atoms with Crippen molar-refractivity contribution in [3.05, 3.63) is 151 Å². The van der Waals surface area contributed by atoms with Gasteiger partial charge in [-0.05, 0) is 98.9 Å². The van der Waals surface area contributed by atoms with Crippen LogP contribution in [-0.4, -0.2) is 0 Å². The van der Waals surface area contributed by atoms with Gasteiger partial charge in [0.2, 0.25) is 0 Å². The van der Waals surface area contributed by atoms with Crippen molar-refractivity contribution in [1.82, 2.24) is 0 Å². The maximum atomic E-state index is 6.40. The molecule has 7 aromatic carbocycles. The summed E-state index contributed by atoms with van der Waals surface area (Å²) in [5.41, 5.74) is 13.2. The van der Waals surface area contributed by atoms with Crippen molar-refractivity contribution < 1.29 is 0 Å². The topological polar surface area (TPSA) is 29.3 Å². The molecular formula is C41H30N2S. The molecule has 0 aliphatic carbocycles. The van der Waals surface area contributed by atoms with Crippen LogP contribution < -0.4 is 10.6 Å². The highest BCUT2D eigenvalue weighted by atomic mass is 32.1. The average Bonchev–Trinajstić information content (AvgIpc) is 3.39. The fourth-order valence-electron chi connectivity index (χ4n) is 6.43. The van der Waals surface area contributed by atoms with E-state index >= 15 is 0 Å². The summed E-state index contributed by atoms with van der Waals surface area (Å²) in [5.74, 6) is 0. The third-order valence-corrected chi connectivity index (χ3v) is 9.56. The zero-order valence-electron chi connectivity index (χ0n) is 24.4. The Morgan fingerprint density at radius 3 is 1.95 bits per heavy atom. The van der Waals surface area contributed by atoms with Crippen LogP contribution in [0.25, 0.3) is 59.6 Å². The molecule has 0 aliphatic rings. The number of nitrogen functional groups attached to an aromatic ring is 1. The lowest BCUT2D eigenvalue weighted by Crippen LogP contribution is -2.09. The summed E-state index contributed by atoms with van der Waals surface area (Å²) in [6.45, 7) is 2.03. The van der Waals surface area contributed by atoms with Crippen molar-refractivity contribution in [3.63, 3.8) is 0 Å². The Bertz CT molecular complexity index is 2350. The number of fused-ring (bicyclic) bond motifs is 6. The van der Waals surface area contributed by atoms with Crippen LogP contribution >= 0.6 is 11.3 Å². The Balaban J connectivity index is 1.22. The molecule has 0 atom stereocenters. The van der Waals surface area contributed by atoms with Crippen molar-refractivity contribution in [1.29, 1.82) is 0 Å². The van der Waals surface area contributed by atoms with Gasteiger partial charge in [-0.25, -0.2) is 0 Å². The molecule has 0 amide bonds. The molecule has 0 bridgehead atoms. The van der Waals surface area contributed by atoms with Crippen LogP contribution in [-0.2, 0) is 0 Å². The number of thiophene rings is 1. The molecule has 44 heavy (non-hydrogen) atoms. The predicted molar refractivity (Wildman–Crippen MR) is 194 cm³/mol. The van der Waals surface area contributed by atoms with Gasteiger partial charge in [0.15, 0.2) is 0 Å². The van der Waals surface area contributed by atoms with Crippen molar-refractivity contribution in [2.45, 2.75) is 6.92 Å². The molecule has 0 spiro atoms. The Labute approximate surface area is 260 Å². The van der Waals surface area contributed by atoms with Crippen molar-refractivity contribution >= 4 is 81.9 Å². The van der Waals surface area contributed by atoms with Gasteiger partial charge in [0, 0.05) is 32.7 Å². The lowest BCUT2D eigenvalue weighted by molar-refractivity contribution is 1.29. The molecule has 0 saturated heterocycles. The normalized spacial score (nSPS) is 11.8. The smallest absolute Gasteiger partial charge is 0.0942 e. The largest absolute Gasteiger partial charge is 0.390 e. The van der Waals surface area contributed by atoms with Gasteiger partial charge in [-0.1, -0.05) is 103 Å². The van der Waals surface area contributed by atoms with Gasteiger partial charge >= 0.3 is 0 Å². The lowest BCUT2D eigenvalue weighted by atomic mass is 9.94. The maximum absolute atomic E-state index is 6.40. The van der Waals surface area contributed by atoms with Crippen molar-refractivity contribution in [2.75, 3.05) is 10.6 Å². The van der Waals surface area contributed by atoms with Gasteiger partial charge in [-0.2, -0.15) is 0 Å². The van der Waals surface area contributed by atoms with E-state index in [4.69, 9.17) is 5.73 Å². The molecule has 3 heteroatoms. The molecular weight excluding hydrogens is 553 g/mol. The van der Waals surface area contributed by atoms with Crippen LogP contribution in [0.1, 0.15) is 12.5 Å². The molecule has 2 N–H and O–H groups in total. The molecule has 8 rings (SSSR count). The minimum atomic E-state index is 0.849. The minimum absolute atomic E-state index is 0.849. The third kappa shape index (κ3) is 4.41. The number of allylic oxidation sites excluding steroid dienone is 1. The highest BCUT2D eigenvalue weighted by molar-refractivity contribution is 7.23. The van der Waals surface area contributed by atoms with Crippen LogP contribution in [0, 0.1) is 0 Å². The van der Waals surface area contributed by atoms with Gasteiger partial charge < -0.3 is 10.6 Å². The van der Waals surface area contributed by atoms with Gasteiger partial charge in [-0.15, -0.1) is 11.3 Å². The standard InChI is InChI=1S/C41H30N2S/c1-2-8-37-39-26-33(21-24-40(39)44-41(37)42)43(31-10-4-3-5-11-31)32-19-15-27(16-20-32)30-14-13-29-18-22-35-34-12-7-6-9-28(34)17-23-36(35)38(29)25-30/h2-26H,42H2,1H3/b8-2-. The summed E-state index contributed by atoms with van der Waals surface area (Å²) < 4.78 is 1.19. The number of nitrogens with zero attached hydrogens (tertiary/aromatic N) is 1. The molecule has 1 heterocycles. The zero-order chi connectivity index (χ0) is 29.6. The van der Waals surface area contributed by atoms with Crippen LogP contribution in [0.15, 0.2) is 146 Å². The Kier molecular flexibility index (Phi) is 6.40.